The summed E-state index contributed by atoms with van der Waals surface area (Å²) < 4.78 is 5.83. The summed E-state index contributed by atoms with van der Waals surface area (Å²) in [5.41, 5.74) is 0. The number of aliphatic hydroxyl groups excluding tert-OH is 2. The monoisotopic (exact) mass is 918 g/mol. The highest BCUT2D eigenvalue weighted by atomic mass is 16.5. The van der Waals surface area contributed by atoms with Crippen LogP contribution in [0.3, 0.4) is 0 Å². The maximum atomic E-state index is 13.2. The number of carbonyl (C=O) groups excluding carboxylic acids is 2. The number of hydrogen-bond acceptors (Lipinski definition) is 5. The van der Waals surface area contributed by atoms with Crippen molar-refractivity contribution in [2.75, 3.05) is 6.61 Å². The molecule has 3 N–H and O–H groups in total. The number of carbonyl (C=O) groups is 2. The Morgan fingerprint density at radius 1 is 0.470 bits per heavy atom. The molecular formula is C60H103NO5. The van der Waals surface area contributed by atoms with Gasteiger partial charge in [0, 0.05) is 6.42 Å². The van der Waals surface area contributed by atoms with Gasteiger partial charge in [-0.25, -0.2) is 0 Å². The zero-order valence-corrected chi connectivity index (χ0v) is 43.0. The molecule has 6 heteroatoms. The van der Waals surface area contributed by atoms with Crippen molar-refractivity contribution in [3.63, 3.8) is 0 Å². The van der Waals surface area contributed by atoms with E-state index < -0.39 is 18.2 Å². The normalized spacial score (nSPS) is 14.0. The lowest BCUT2D eigenvalue weighted by molar-refractivity contribution is -0.148. The van der Waals surface area contributed by atoms with Crippen molar-refractivity contribution in [1.29, 1.82) is 0 Å². The number of hydrogen-bond donors (Lipinski definition) is 3. The van der Waals surface area contributed by atoms with Crippen LogP contribution in [0.2, 0.25) is 0 Å². The van der Waals surface area contributed by atoms with E-state index in [1.165, 1.54) is 103 Å². The summed E-state index contributed by atoms with van der Waals surface area (Å²) in [6.45, 7) is 6.23. The zero-order valence-electron chi connectivity index (χ0n) is 43.0. The maximum absolute atomic E-state index is 13.2. The molecule has 0 aromatic carbocycles. The number of unbranched alkanes of at least 4 members (excludes halogenated alkanes) is 22. The Balaban J connectivity index is 4.68. The van der Waals surface area contributed by atoms with Gasteiger partial charge in [0.2, 0.25) is 5.91 Å². The molecule has 3 atom stereocenters. The van der Waals surface area contributed by atoms with Gasteiger partial charge in [-0.2, -0.15) is 0 Å². The topological polar surface area (TPSA) is 95.9 Å². The van der Waals surface area contributed by atoms with Gasteiger partial charge in [0.1, 0.15) is 6.10 Å². The van der Waals surface area contributed by atoms with Crippen LogP contribution in [0.25, 0.3) is 0 Å². The third kappa shape index (κ3) is 47.3. The number of rotatable bonds is 48. The molecule has 378 valence electrons. The van der Waals surface area contributed by atoms with E-state index >= 15 is 0 Å². The molecule has 0 radical (unpaired) electrons. The van der Waals surface area contributed by atoms with E-state index in [0.29, 0.717) is 19.3 Å². The molecule has 0 heterocycles. The van der Waals surface area contributed by atoms with Gasteiger partial charge in [0.15, 0.2) is 0 Å². The highest BCUT2D eigenvalue weighted by Gasteiger charge is 2.23. The molecule has 0 aliphatic rings. The van der Waals surface area contributed by atoms with E-state index in [-0.39, 0.29) is 24.9 Å². The second-order valence-corrected chi connectivity index (χ2v) is 18.2. The molecule has 0 aromatic rings. The minimum Gasteiger partial charge on any atom is -0.458 e. The lowest BCUT2D eigenvalue weighted by atomic mass is 10.0. The molecule has 0 aliphatic heterocycles. The van der Waals surface area contributed by atoms with Crippen molar-refractivity contribution in [1.82, 2.24) is 5.32 Å². The van der Waals surface area contributed by atoms with Gasteiger partial charge in [-0.1, -0.05) is 247 Å². The van der Waals surface area contributed by atoms with E-state index in [2.05, 4.69) is 111 Å². The SMILES string of the molecule is CC/C=C/C/C=C/C/C=C/C/C=C/C/C=C/C(CC(=O)NC(CO)C(O)CCCCCCCCCCCCCCCCCCC)OC(=O)CCCCCCCC/C=C/C/C=C/C/C=C/CC. The molecule has 0 saturated carbocycles. The number of ether oxygens (including phenoxy) is 1. The molecule has 6 nitrogen and oxygen atoms in total. The average Bonchev–Trinajstić information content (AvgIpc) is 3.31. The van der Waals surface area contributed by atoms with Gasteiger partial charge in [-0.3, -0.25) is 9.59 Å². The molecule has 0 rings (SSSR count). The zero-order chi connectivity index (χ0) is 48.1. The summed E-state index contributed by atoms with van der Waals surface area (Å²) in [6.07, 6.45) is 70.7. The number of aliphatic hydroxyl groups is 2. The van der Waals surface area contributed by atoms with Crippen LogP contribution in [0, 0.1) is 0 Å². The molecule has 0 spiro atoms. The van der Waals surface area contributed by atoms with Gasteiger partial charge in [-0.05, 0) is 83.1 Å². The first kappa shape index (κ1) is 62.8. The number of amides is 1. The highest BCUT2D eigenvalue weighted by molar-refractivity contribution is 5.78. The van der Waals surface area contributed by atoms with E-state index in [4.69, 9.17) is 4.74 Å². The fraction of sp³-hybridized carbons (Fsp3) is 0.700. The Morgan fingerprint density at radius 2 is 0.848 bits per heavy atom. The summed E-state index contributed by atoms with van der Waals surface area (Å²) in [6, 6.07) is -0.751. The van der Waals surface area contributed by atoms with Crippen molar-refractivity contribution in [2.45, 2.75) is 264 Å². The van der Waals surface area contributed by atoms with E-state index in [9.17, 15) is 19.8 Å². The van der Waals surface area contributed by atoms with Crippen molar-refractivity contribution in [3.05, 3.63) is 97.2 Å². The first-order valence-electron chi connectivity index (χ1n) is 27.5. The Labute approximate surface area is 407 Å². The second kappa shape index (κ2) is 52.7. The molecule has 0 aromatic heterocycles. The lowest BCUT2D eigenvalue weighted by Crippen LogP contribution is -2.46. The molecule has 0 saturated heterocycles. The molecule has 66 heavy (non-hydrogen) atoms. The number of nitrogens with one attached hydrogen (secondary N) is 1. The van der Waals surface area contributed by atoms with Crippen LogP contribution in [0.5, 0.6) is 0 Å². The van der Waals surface area contributed by atoms with Crippen LogP contribution in [0.15, 0.2) is 97.2 Å². The predicted molar refractivity (Wildman–Crippen MR) is 287 cm³/mol. The number of esters is 1. The van der Waals surface area contributed by atoms with Crippen LogP contribution >= 0.6 is 0 Å². The fourth-order valence-corrected chi connectivity index (χ4v) is 7.82. The largest absolute Gasteiger partial charge is 0.458 e. The maximum Gasteiger partial charge on any atom is 0.306 e. The summed E-state index contributed by atoms with van der Waals surface area (Å²) in [5, 5.41) is 23.8. The summed E-state index contributed by atoms with van der Waals surface area (Å²) in [7, 11) is 0. The van der Waals surface area contributed by atoms with Gasteiger partial charge >= 0.3 is 5.97 Å². The smallest absolute Gasteiger partial charge is 0.306 e. The fourth-order valence-electron chi connectivity index (χ4n) is 7.82. The van der Waals surface area contributed by atoms with Gasteiger partial charge < -0.3 is 20.3 Å². The van der Waals surface area contributed by atoms with Crippen LogP contribution in [-0.4, -0.2) is 46.9 Å². The highest BCUT2D eigenvalue weighted by Crippen LogP contribution is 2.16. The summed E-state index contributed by atoms with van der Waals surface area (Å²) in [4.78, 5) is 26.1. The molecule has 3 unspecified atom stereocenters. The van der Waals surface area contributed by atoms with Crippen LogP contribution < -0.4 is 5.32 Å². The molecule has 0 fully saturated rings. The summed E-state index contributed by atoms with van der Waals surface area (Å²) >= 11 is 0. The van der Waals surface area contributed by atoms with Crippen LogP contribution in [0.4, 0.5) is 0 Å². The second-order valence-electron chi connectivity index (χ2n) is 18.2. The van der Waals surface area contributed by atoms with Crippen LogP contribution in [-0.2, 0) is 14.3 Å². The third-order valence-electron chi connectivity index (χ3n) is 11.9. The lowest BCUT2D eigenvalue weighted by Gasteiger charge is -2.23. The van der Waals surface area contributed by atoms with Crippen LogP contribution in [0.1, 0.15) is 245 Å². The Hall–Kier alpha value is -3.22. The van der Waals surface area contributed by atoms with E-state index in [0.717, 1.165) is 96.3 Å². The van der Waals surface area contributed by atoms with Crippen molar-refractivity contribution >= 4 is 11.9 Å². The first-order valence-corrected chi connectivity index (χ1v) is 27.5. The third-order valence-corrected chi connectivity index (χ3v) is 11.9. The summed E-state index contributed by atoms with van der Waals surface area (Å²) in [5.74, 6) is -0.646. The molecule has 0 aliphatic carbocycles. The minimum absolute atomic E-state index is 0.0557. The predicted octanol–water partition coefficient (Wildman–Crippen LogP) is 16.9. The number of allylic oxidation sites excluding steroid dienone is 15. The van der Waals surface area contributed by atoms with Gasteiger partial charge in [0.25, 0.3) is 0 Å². The van der Waals surface area contributed by atoms with E-state index in [1.807, 2.05) is 6.08 Å². The Kier molecular flexibility index (Phi) is 50.2. The average molecular weight is 918 g/mol. The van der Waals surface area contributed by atoms with Gasteiger partial charge in [0.05, 0.1) is 25.2 Å². The quantitative estimate of drug-likeness (QED) is 0.0321. The molecular weight excluding hydrogens is 815 g/mol. The van der Waals surface area contributed by atoms with Crippen molar-refractivity contribution < 1.29 is 24.5 Å². The first-order chi connectivity index (χ1) is 32.5. The van der Waals surface area contributed by atoms with Gasteiger partial charge in [-0.15, -0.1) is 0 Å². The van der Waals surface area contributed by atoms with Crippen molar-refractivity contribution in [2.24, 2.45) is 0 Å². The van der Waals surface area contributed by atoms with Crippen molar-refractivity contribution in [3.8, 4) is 0 Å². The standard InChI is InChI=1S/C60H103NO5/c1-4-7-10-13-16-19-22-25-28-30-31-34-37-40-43-46-49-52-58(63)57(55-62)61-59(64)54-56(51-48-45-42-39-36-33-27-24-21-18-15-12-9-6-3)66-60(65)53-50-47-44-41-38-35-32-29-26-23-20-17-14-11-8-5-2/h8-9,11-12,17-18,20-21,26-27,29,33,39,42,48,51,56-58,62-63H,4-7,10,13-16,19,22-25,28,30-32,34-38,40-41,43-47,49-50,52-55H2,1-3H3,(H,61,64)/b11-8+,12-9+,20-17+,21-18+,29-26+,33-27+,42-39+,51-48+. The molecule has 0 bridgehead atoms. The minimum atomic E-state index is -0.827. The Morgan fingerprint density at radius 3 is 1.29 bits per heavy atom. The molecule has 1 amide bonds. The Bertz CT molecular complexity index is 1310. The van der Waals surface area contributed by atoms with E-state index in [1.54, 1.807) is 6.08 Å².